The first kappa shape index (κ1) is 25.5. The number of hydrogen-bond donors (Lipinski definition) is 2. The van der Waals surface area contributed by atoms with Crippen LogP contribution in [0.15, 0.2) is 72.1 Å². The molecule has 1 saturated heterocycles. The molecule has 0 spiro atoms. The fourth-order valence-electron chi connectivity index (χ4n) is 3.62. The van der Waals surface area contributed by atoms with E-state index >= 15 is 0 Å². The highest BCUT2D eigenvalue weighted by Crippen LogP contribution is 2.09. The molecule has 2 N–H and O–H groups in total. The highest BCUT2D eigenvalue weighted by molar-refractivity contribution is 7.93. The maximum Gasteiger partial charge on any atom is 0.318 e. The Balaban J connectivity index is 1.77. The lowest BCUT2D eigenvalue weighted by molar-refractivity contribution is -0.123. The largest absolute Gasteiger partial charge is 0.378 e. The van der Waals surface area contributed by atoms with Gasteiger partial charge in [-0.1, -0.05) is 66.7 Å². The van der Waals surface area contributed by atoms with Crippen molar-refractivity contribution in [2.24, 2.45) is 0 Å². The summed E-state index contributed by atoms with van der Waals surface area (Å²) >= 11 is 0. The summed E-state index contributed by atoms with van der Waals surface area (Å²) in [6.07, 6.45) is 3.29. The lowest BCUT2D eigenvalue weighted by atomic mass is 10.0. The van der Waals surface area contributed by atoms with Crippen LogP contribution in [0.25, 0.3) is 0 Å². The van der Waals surface area contributed by atoms with Gasteiger partial charge >= 0.3 is 6.03 Å². The SMILES string of the molecule is CS(=O)(=O)C=CC(Cc1ccccc1)NC(=O)C(Cc1ccccc1)NC(=O)N1CCOCC1. The Hall–Kier alpha value is -3.17. The second kappa shape index (κ2) is 12.3. The van der Waals surface area contributed by atoms with Gasteiger partial charge in [0.05, 0.1) is 19.3 Å². The van der Waals surface area contributed by atoms with E-state index < -0.39 is 21.9 Å². The van der Waals surface area contributed by atoms with Crippen LogP contribution in [0, 0.1) is 0 Å². The highest BCUT2D eigenvalue weighted by Gasteiger charge is 2.26. The third-order valence-electron chi connectivity index (χ3n) is 5.38. The number of nitrogens with zero attached hydrogens (tertiary/aromatic N) is 1. The van der Waals surface area contributed by atoms with Crippen LogP contribution in [0.4, 0.5) is 4.79 Å². The molecule has 2 aromatic carbocycles. The average Bonchev–Trinajstić information content (AvgIpc) is 2.83. The van der Waals surface area contributed by atoms with Gasteiger partial charge in [0.1, 0.15) is 6.04 Å². The summed E-state index contributed by atoms with van der Waals surface area (Å²) in [6.45, 7) is 1.83. The number of benzene rings is 2. The molecule has 1 aliphatic heterocycles. The predicted octanol–water partition coefficient (Wildman–Crippen LogP) is 1.93. The zero-order chi connectivity index (χ0) is 24.4. The Morgan fingerprint density at radius 2 is 1.50 bits per heavy atom. The van der Waals surface area contributed by atoms with Crippen molar-refractivity contribution in [3.63, 3.8) is 0 Å². The van der Waals surface area contributed by atoms with E-state index in [1.54, 1.807) is 4.90 Å². The monoisotopic (exact) mass is 485 g/mol. The molecule has 0 bridgehead atoms. The van der Waals surface area contributed by atoms with Crippen LogP contribution in [0.2, 0.25) is 0 Å². The van der Waals surface area contributed by atoms with Crippen LogP contribution in [-0.2, 0) is 32.2 Å². The minimum atomic E-state index is -3.37. The third kappa shape index (κ3) is 8.64. The van der Waals surface area contributed by atoms with Crippen LogP contribution < -0.4 is 10.6 Å². The van der Waals surface area contributed by atoms with E-state index in [0.29, 0.717) is 39.1 Å². The second-order valence-electron chi connectivity index (χ2n) is 8.25. The molecule has 3 amide bonds. The molecule has 0 aromatic heterocycles. The van der Waals surface area contributed by atoms with Crippen molar-refractivity contribution >= 4 is 21.8 Å². The molecule has 2 unspecified atom stereocenters. The molecular weight excluding hydrogens is 454 g/mol. The van der Waals surface area contributed by atoms with Gasteiger partial charge in [0.15, 0.2) is 9.84 Å². The standard InChI is InChI=1S/C25H31N3O5S/c1-34(31,32)17-12-22(18-20-8-4-2-5-9-20)26-24(29)23(19-21-10-6-3-7-11-21)27-25(30)28-13-15-33-16-14-28/h2-12,17,22-23H,13-16,18-19H2,1H3,(H,26,29)(H,27,30). The summed E-state index contributed by atoms with van der Waals surface area (Å²) in [5.74, 6) is -0.385. The summed E-state index contributed by atoms with van der Waals surface area (Å²) in [6, 6.07) is 17.2. The summed E-state index contributed by atoms with van der Waals surface area (Å²) in [4.78, 5) is 27.8. The first-order valence-electron chi connectivity index (χ1n) is 11.2. The molecule has 0 aliphatic carbocycles. The highest BCUT2D eigenvalue weighted by atomic mass is 32.2. The van der Waals surface area contributed by atoms with Crippen molar-refractivity contribution in [1.82, 2.24) is 15.5 Å². The molecule has 9 heteroatoms. The lowest BCUT2D eigenvalue weighted by Gasteiger charge is -2.29. The number of morpholine rings is 1. The van der Waals surface area contributed by atoms with Gasteiger partial charge < -0.3 is 20.3 Å². The van der Waals surface area contributed by atoms with E-state index in [0.717, 1.165) is 22.8 Å². The van der Waals surface area contributed by atoms with E-state index in [9.17, 15) is 18.0 Å². The lowest BCUT2D eigenvalue weighted by Crippen LogP contribution is -2.55. The van der Waals surface area contributed by atoms with E-state index in [2.05, 4.69) is 10.6 Å². The number of sulfone groups is 1. The number of rotatable bonds is 9. The number of ether oxygens (including phenoxy) is 1. The number of carbonyl (C=O) groups is 2. The first-order chi connectivity index (χ1) is 16.3. The second-order valence-corrected chi connectivity index (χ2v) is 10.2. The van der Waals surface area contributed by atoms with Crippen molar-refractivity contribution < 1.29 is 22.7 Å². The molecule has 182 valence electrons. The van der Waals surface area contributed by atoms with E-state index in [4.69, 9.17) is 4.74 Å². The number of carbonyl (C=O) groups excluding carboxylic acids is 2. The van der Waals surface area contributed by atoms with Crippen LogP contribution >= 0.6 is 0 Å². The summed E-state index contributed by atoms with van der Waals surface area (Å²) in [7, 11) is -3.37. The van der Waals surface area contributed by atoms with Gasteiger partial charge in [-0.3, -0.25) is 4.79 Å². The molecule has 3 rings (SSSR count). The van der Waals surface area contributed by atoms with Crippen molar-refractivity contribution in [3.05, 3.63) is 83.3 Å². The molecule has 1 aliphatic rings. The number of hydrogen-bond acceptors (Lipinski definition) is 5. The van der Waals surface area contributed by atoms with Crippen molar-refractivity contribution in [2.75, 3.05) is 32.6 Å². The number of amides is 3. The molecule has 2 aromatic rings. The molecule has 8 nitrogen and oxygen atoms in total. The van der Waals surface area contributed by atoms with Gasteiger partial charge in [0, 0.05) is 31.2 Å². The van der Waals surface area contributed by atoms with Crippen LogP contribution in [0.1, 0.15) is 11.1 Å². The molecule has 0 radical (unpaired) electrons. The maximum atomic E-state index is 13.3. The minimum absolute atomic E-state index is 0.302. The van der Waals surface area contributed by atoms with Gasteiger partial charge in [-0.25, -0.2) is 13.2 Å². The van der Waals surface area contributed by atoms with Crippen molar-refractivity contribution in [2.45, 2.75) is 24.9 Å². The van der Waals surface area contributed by atoms with Gasteiger partial charge in [-0.15, -0.1) is 0 Å². The molecule has 0 saturated carbocycles. The van der Waals surface area contributed by atoms with E-state index in [-0.39, 0.29) is 11.9 Å². The number of urea groups is 1. The molecule has 2 atom stereocenters. The Morgan fingerprint density at radius 1 is 0.941 bits per heavy atom. The Labute approximate surface area is 200 Å². The van der Waals surface area contributed by atoms with Gasteiger partial charge in [0.25, 0.3) is 0 Å². The van der Waals surface area contributed by atoms with E-state index in [1.165, 1.54) is 6.08 Å². The average molecular weight is 486 g/mol. The Morgan fingerprint density at radius 3 is 2.06 bits per heavy atom. The summed E-state index contributed by atoms with van der Waals surface area (Å²) in [5, 5.41) is 6.87. The Kier molecular flexibility index (Phi) is 9.24. The van der Waals surface area contributed by atoms with Crippen LogP contribution in [0.5, 0.6) is 0 Å². The van der Waals surface area contributed by atoms with Gasteiger partial charge in [0.2, 0.25) is 5.91 Å². The summed E-state index contributed by atoms with van der Waals surface area (Å²) in [5.41, 5.74) is 1.85. The van der Waals surface area contributed by atoms with Crippen LogP contribution in [0.3, 0.4) is 0 Å². The third-order valence-corrected chi connectivity index (χ3v) is 6.03. The fraction of sp³-hybridized carbons (Fsp3) is 0.360. The normalized spacial score (nSPS) is 16.1. The molecule has 34 heavy (non-hydrogen) atoms. The number of nitrogens with one attached hydrogen (secondary N) is 2. The fourth-order valence-corrected chi connectivity index (χ4v) is 4.10. The quantitative estimate of drug-likeness (QED) is 0.565. The zero-order valence-corrected chi connectivity index (χ0v) is 20.0. The minimum Gasteiger partial charge on any atom is -0.378 e. The van der Waals surface area contributed by atoms with Crippen LogP contribution in [-0.4, -0.2) is 69.9 Å². The smallest absolute Gasteiger partial charge is 0.318 e. The first-order valence-corrected chi connectivity index (χ1v) is 13.2. The van der Waals surface area contributed by atoms with Crippen molar-refractivity contribution in [3.8, 4) is 0 Å². The summed E-state index contributed by atoms with van der Waals surface area (Å²) < 4.78 is 28.7. The maximum absolute atomic E-state index is 13.3. The topological polar surface area (TPSA) is 105 Å². The van der Waals surface area contributed by atoms with E-state index in [1.807, 2.05) is 60.7 Å². The Bertz CT molecular complexity index is 1070. The van der Waals surface area contributed by atoms with Gasteiger partial charge in [-0.05, 0) is 17.5 Å². The predicted molar refractivity (Wildman–Crippen MR) is 131 cm³/mol. The molecule has 1 heterocycles. The van der Waals surface area contributed by atoms with Crippen molar-refractivity contribution in [1.29, 1.82) is 0 Å². The molecule has 1 fully saturated rings. The molecular formula is C25H31N3O5S. The van der Waals surface area contributed by atoms with Gasteiger partial charge in [-0.2, -0.15) is 0 Å². The zero-order valence-electron chi connectivity index (χ0n) is 19.2.